The van der Waals surface area contributed by atoms with Crippen LogP contribution in [0.1, 0.15) is 13.3 Å². The van der Waals surface area contributed by atoms with Gasteiger partial charge in [-0.3, -0.25) is 0 Å². The van der Waals surface area contributed by atoms with Gasteiger partial charge in [0.1, 0.15) is 11.3 Å². The van der Waals surface area contributed by atoms with Gasteiger partial charge in [-0.05, 0) is 19.1 Å². The summed E-state index contributed by atoms with van der Waals surface area (Å²) in [6.45, 7) is 2.10. The van der Waals surface area contributed by atoms with E-state index in [1.54, 1.807) is 6.92 Å². The van der Waals surface area contributed by atoms with Crippen LogP contribution >= 0.6 is 35.0 Å². The summed E-state index contributed by atoms with van der Waals surface area (Å²) in [5.74, 6) is -0.0646. The van der Waals surface area contributed by atoms with E-state index in [0.29, 0.717) is 24.1 Å². The minimum absolute atomic E-state index is 0.307. The van der Waals surface area contributed by atoms with E-state index in [1.807, 2.05) is 30.3 Å². The zero-order valence-corrected chi connectivity index (χ0v) is 14.2. The predicted octanol–water partition coefficient (Wildman–Crippen LogP) is 3.46. The maximum atomic E-state index is 12.6. The average Bonchev–Trinajstić information content (AvgIpc) is 2.49. The van der Waals surface area contributed by atoms with Crippen molar-refractivity contribution in [2.24, 2.45) is 4.99 Å². The lowest BCUT2D eigenvalue weighted by atomic mass is 9.87. The Morgan fingerprint density at radius 1 is 1.45 bits per heavy atom. The molecule has 3 atom stereocenters. The van der Waals surface area contributed by atoms with Gasteiger partial charge in [0, 0.05) is 17.2 Å². The second-order valence-corrected chi connectivity index (χ2v) is 7.42. The van der Waals surface area contributed by atoms with Crippen LogP contribution < -0.4 is 0 Å². The van der Waals surface area contributed by atoms with E-state index in [4.69, 9.17) is 32.7 Å². The fraction of sp³-hybridized carbons (Fsp3) is 0.467. The van der Waals surface area contributed by atoms with Crippen molar-refractivity contribution in [1.29, 1.82) is 0 Å². The molecule has 4 rings (SSSR count). The number of aliphatic imine (C=N–C) groups is 1. The van der Waals surface area contributed by atoms with Crippen LogP contribution in [-0.2, 0) is 14.3 Å². The Morgan fingerprint density at radius 2 is 2.18 bits per heavy atom. The van der Waals surface area contributed by atoms with Gasteiger partial charge in [0.15, 0.2) is 5.60 Å². The fourth-order valence-electron chi connectivity index (χ4n) is 2.61. The third kappa shape index (κ3) is 2.64. The number of halogens is 2. The molecule has 0 aliphatic carbocycles. The van der Waals surface area contributed by atoms with Crippen molar-refractivity contribution in [3.8, 4) is 0 Å². The van der Waals surface area contributed by atoms with E-state index in [2.05, 4.69) is 4.99 Å². The molecule has 0 spiro atoms. The number of rotatable bonds is 5. The SMILES string of the molecule is C[C@]12C[C@H](OCCCl)[C@](Sc3ccccc3)(N=C1Cl)C(=O)O2. The van der Waals surface area contributed by atoms with E-state index in [0.717, 1.165) is 4.90 Å². The van der Waals surface area contributed by atoms with Gasteiger partial charge in [-0.2, -0.15) is 0 Å². The molecule has 0 saturated carbocycles. The Hall–Kier alpha value is -0.750. The van der Waals surface area contributed by atoms with Crippen molar-refractivity contribution < 1.29 is 14.3 Å². The van der Waals surface area contributed by atoms with Crippen LogP contribution in [-0.4, -0.2) is 40.2 Å². The van der Waals surface area contributed by atoms with Gasteiger partial charge in [-0.25, -0.2) is 9.79 Å². The summed E-state index contributed by atoms with van der Waals surface area (Å²) in [7, 11) is 0. The Bertz CT molecular complexity index is 612. The lowest BCUT2D eigenvalue weighted by Gasteiger charge is -2.49. The summed E-state index contributed by atoms with van der Waals surface area (Å²) in [6, 6.07) is 9.55. The van der Waals surface area contributed by atoms with Gasteiger partial charge < -0.3 is 9.47 Å². The molecule has 4 nitrogen and oxygen atoms in total. The lowest BCUT2D eigenvalue weighted by Crippen LogP contribution is -2.64. The van der Waals surface area contributed by atoms with Crippen molar-refractivity contribution in [3.63, 3.8) is 0 Å². The van der Waals surface area contributed by atoms with Gasteiger partial charge in [-0.1, -0.05) is 41.6 Å². The summed E-state index contributed by atoms with van der Waals surface area (Å²) in [5.41, 5.74) is -0.908. The topological polar surface area (TPSA) is 47.9 Å². The smallest absolute Gasteiger partial charge is 0.348 e. The van der Waals surface area contributed by atoms with E-state index in [-0.39, 0.29) is 0 Å². The number of ether oxygens (including phenoxy) is 2. The average molecular weight is 360 g/mol. The number of hydrogen-bond donors (Lipinski definition) is 0. The Balaban J connectivity index is 1.99. The van der Waals surface area contributed by atoms with E-state index in [1.165, 1.54) is 11.8 Å². The standard InChI is InChI=1S/C15H15Cl2NO3S/c1-14-9-11(20-8-7-16)15(13(19)21-14,18-12(14)17)22-10-5-3-2-4-6-10/h2-6,11H,7-9H2,1H3/t11-,14-,15+/m0/s1. The van der Waals surface area contributed by atoms with Crippen LogP contribution in [0, 0.1) is 0 Å². The normalized spacial score (nSPS) is 33.5. The van der Waals surface area contributed by atoms with Gasteiger partial charge in [0.25, 0.3) is 0 Å². The molecule has 22 heavy (non-hydrogen) atoms. The number of esters is 1. The Morgan fingerprint density at radius 3 is 2.86 bits per heavy atom. The quantitative estimate of drug-likeness (QED) is 0.596. The van der Waals surface area contributed by atoms with E-state index in [9.17, 15) is 4.79 Å². The second-order valence-electron chi connectivity index (χ2n) is 5.39. The first-order chi connectivity index (χ1) is 10.5. The van der Waals surface area contributed by atoms with E-state index < -0.39 is 22.5 Å². The molecule has 3 aliphatic rings. The number of nitrogens with zero attached hydrogens (tertiary/aromatic N) is 1. The van der Waals surface area contributed by atoms with Crippen LogP contribution in [0.25, 0.3) is 0 Å². The van der Waals surface area contributed by atoms with Crippen molar-refractivity contribution in [2.45, 2.75) is 34.8 Å². The van der Waals surface area contributed by atoms with Gasteiger partial charge >= 0.3 is 5.97 Å². The highest BCUT2D eigenvalue weighted by atomic mass is 35.5. The molecule has 7 heteroatoms. The second kappa shape index (κ2) is 6.04. The fourth-order valence-corrected chi connectivity index (χ4v) is 4.19. The first-order valence-corrected chi connectivity index (χ1v) is 8.64. The molecule has 1 saturated heterocycles. The molecular formula is C15H15Cl2NO3S. The lowest BCUT2D eigenvalue weighted by molar-refractivity contribution is -0.177. The highest BCUT2D eigenvalue weighted by Gasteiger charge is 2.63. The van der Waals surface area contributed by atoms with Gasteiger partial charge in [-0.15, -0.1) is 11.6 Å². The molecule has 1 fully saturated rings. The number of benzene rings is 1. The van der Waals surface area contributed by atoms with Crippen molar-refractivity contribution >= 4 is 46.1 Å². The van der Waals surface area contributed by atoms with Crippen LogP contribution in [0.2, 0.25) is 0 Å². The van der Waals surface area contributed by atoms with Crippen molar-refractivity contribution in [1.82, 2.24) is 0 Å². The molecule has 118 valence electrons. The number of thioether (sulfide) groups is 1. The number of carbonyl (C=O) groups excluding carboxylic acids is 1. The molecule has 0 unspecified atom stereocenters. The molecule has 0 aromatic heterocycles. The number of alkyl halides is 1. The summed E-state index contributed by atoms with van der Waals surface area (Å²) in [4.78, 5) is 16.7. The predicted molar refractivity (Wildman–Crippen MR) is 87.9 cm³/mol. The Kier molecular flexibility index (Phi) is 4.42. The Labute approximate surface area is 143 Å². The molecule has 0 amide bonds. The number of hydrogen-bond acceptors (Lipinski definition) is 5. The molecule has 3 aliphatic heterocycles. The van der Waals surface area contributed by atoms with Crippen molar-refractivity contribution in [2.75, 3.05) is 12.5 Å². The number of carbonyl (C=O) groups is 1. The van der Waals surface area contributed by atoms with Gasteiger partial charge in [0.05, 0.1) is 6.61 Å². The zero-order valence-electron chi connectivity index (χ0n) is 11.9. The van der Waals surface area contributed by atoms with Crippen LogP contribution in [0.15, 0.2) is 40.2 Å². The highest BCUT2D eigenvalue weighted by Crippen LogP contribution is 2.51. The van der Waals surface area contributed by atoms with E-state index >= 15 is 0 Å². The first kappa shape index (κ1) is 16.1. The third-order valence-electron chi connectivity index (χ3n) is 3.74. The molecule has 0 N–H and O–H groups in total. The summed E-state index contributed by atoms with van der Waals surface area (Å²) >= 11 is 13.3. The zero-order chi connectivity index (χ0) is 15.8. The summed E-state index contributed by atoms with van der Waals surface area (Å²) < 4.78 is 11.3. The summed E-state index contributed by atoms with van der Waals surface area (Å²) in [5, 5.41) is 0.307. The molecule has 1 aromatic carbocycles. The molecular weight excluding hydrogens is 345 g/mol. The molecule has 2 bridgehead atoms. The highest BCUT2D eigenvalue weighted by molar-refractivity contribution is 8.01. The number of fused-ring (bicyclic) bond motifs is 2. The molecule has 0 radical (unpaired) electrons. The molecule has 3 heterocycles. The van der Waals surface area contributed by atoms with Crippen molar-refractivity contribution in [3.05, 3.63) is 30.3 Å². The minimum Gasteiger partial charge on any atom is -0.449 e. The first-order valence-electron chi connectivity index (χ1n) is 6.91. The monoisotopic (exact) mass is 359 g/mol. The third-order valence-corrected chi connectivity index (χ3v) is 5.71. The largest absolute Gasteiger partial charge is 0.449 e. The molecule has 1 aromatic rings. The van der Waals surface area contributed by atoms with Crippen LogP contribution in [0.3, 0.4) is 0 Å². The minimum atomic E-state index is -1.21. The van der Waals surface area contributed by atoms with Crippen LogP contribution in [0.5, 0.6) is 0 Å². The maximum absolute atomic E-state index is 12.6. The van der Waals surface area contributed by atoms with Crippen LogP contribution in [0.4, 0.5) is 0 Å². The van der Waals surface area contributed by atoms with Gasteiger partial charge in [0.2, 0.25) is 4.87 Å². The maximum Gasteiger partial charge on any atom is 0.348 e. The summed E-state index contributed by atoms with van der Waals surface area (Å²) in [6.07, 6.45) is 0.0443.